The zero-order valence-corrected chi connectivity index (χ0v) is 18.0. The lowest BCUT2D eigenvalue weighted by molar-refractivity contribution is 0.289. The monoisotopic (exact) mass is 416 g/mol. The van der Waals surface area contributed by atoms with Crippen LogP contribution in [0.1, 0.15) is 43.2 Å². The maximum absolute atomic E-state index is 12.4. The molecule has 3 rings (SSSR count). The molecular weight excluding hydrogens is 384 g/mol. The van der Waals surface area contributed by atoms with E-state index in [-0.39, 0.29) is 0 Å². The van der Waals surface area contributed by atoms with Gasteiger partial charge in [0.25, 0.3) is 0 Å². The third-order valence-corrected chi connectivity index (χ3v) is 6.82. The maximum Gasteiger partial charge on any atom is 0.240 e. The van der Waals surface area contributed by atoms with Gasteiger partial charge in [0.15, 0.2) is 0 Å². The largest absolute Gasteiger partial charge is 0.492 e. The lowest BCUT2D eigenvalue weighted by Gasteiger charge is -2.22. The van der Waals surface area contributed by atoms with Crippen molar-refractivity contribution in [1.29, 1.82) is 0 Å². The van der Waals surface area contributed by atoms with Gasteiger partial charge in [0.05, 0.1) is 4.90 Å². The van der Waals surface area contributed by atoms with E-state index in [0.717, 1.165) is 23.4 Å². The van der Waals surface area contributed by atoms with Crippen LogP contribution < -0.4 is 14.8 Å². The van der Waals surface area contributed by atoms with E-state index < -0.39 is 10.0 Å². The van der Waals surface area contributed by atoms with E-state index in [4.69, 9.17) is 4.74 Å². The SMILES string of the molecule is Cc1ccc(S(=O)(=O)NCCc2cccc(OCCNC3CCCCC3)c2)cc1. The topological polar surface area (TPSA) is 67.4 Å². The summed E-state index contributed by atoms with van der Waals surface area (Å²) in [6, 6.07) is 15.4. The van der Waals surface area contributed by atoms with E-state index in [9.17, 15) is 8.42 Å². The van der Waals surface area contributed by atoms with Gasteiger partial charge in [0, 0.05) is 19.1 Å². The molecule has 0 heterocycles. The fraction of sp³-hybridized carbons (Fsp3) is 0.478. The Morgan fingerprint density at radius 1 is 1.00 bits per heavy atom. The van der Waals surface area contributed by atoms with Crippen molar-refractivity contribution in [3.05, 3.63) is 59.7 Å². The van der Waals surface area contributed by atoms with E-state index in [0.29, 0.717) is 30.5 Å². The molecule has 0 atom stereocenters. The number of sulfonamides is 1. The van der Waals surface area contributed by atoms with E-state index in [1.54, 1.807) is 24.3 Å². The van der Waals surface area contributed by atoms with Crippen LogP contribution in [0.25, 0.3) is 0 Å². The molecule has 29 heavy (non-hydrogen) atoms. The molecule has 5 nitrogen and oxygen atoms in total. The molecule has 0 saturated heterocycles. The number of benzene rings is 2. The fourth-order valence-electron chi connectivity index (χ4n) is 3.66. The Labute approximate surface area is 174 Å². The molecule has 0 unspecified atom stereocenters. The van der Waals surface area contributed by atoms with Gasteiger partial charge in [-0.2, -0.15) is 0 Å². The first-order valence-electron chi connectivity index (χ1n) is 10.5. The number of hydrogen-bond donors (Lipinski definition) is 2. The Kier molecular flexibility index (Phi) is 8.09. The van der Waals surface area contributed by atoms with Crippen LogP contribution in [0.4, 0.5) is 0 Å². The number of rotatable bonds is 10. The second kappa shape index (κ2) is 10.8. The Morgan fingerprint density at radius 3 is 2.52 bits per heavy atom. The summed E-state index contributed by atoms with van der Waals surface area (Å²) in [5.74, 6) is 0.828. The molecule has 1 fully saturated rings. The second-order valence-corrected chi connectivity index (χ2v) is 9.51. The molecule has 0 aromatic heterocycles. The van der Waals surface area contributed by atoms with Gasteiger partial charge in [-0.1, -0.05) is 49.1 Å². The quantitative estimate of drug-likeness (QED) is 0.578. The van der Waals surface area contributed by atoms with Crippen LogP contribution in [-0.4, -0.2) is 34.2 Å². The average Bonchev–Trinajstić information content (AvgIpc) is 2.73. The van der Waals surface area contributed by atoms with Gasteiger partial charge in [-0.15, -0.1) is 0 Å². The highest BCUT2D eigenvalue weighted by Crippen LogP contribution is 2.17. The van der Waals surface area contributed by atoms with E-state index in [1.165, 1.54) is 32.1 Å². The summed E-state index contributed by atoms with van der Waals surface area (Å²) in [5, 5.41) is 3.57. The van der Waals surface area contributed by atoms with Crippen molar-refractivity contribution in [1.82, 2.24) is 10.0 Å². The van der Waals surface area contributed by atoms with Crippen molar-refractivity contribution in [2.24, 2.45) is 0 Å². The average molecular weight is 417 g/mol. The van der Waals surface area contributed by atoms with Crippen molar-refractivity contribution in [2.45, 2.75) is 56.4 Å². The van der Waals surface area contributed by atoms with Crippen LogP contribution in [0.15, 0.2) is 53.4 Å². The van der Waals surface area contributed by atoms with E-state index in [1.807, 2.05) is 31.2 Å². The number of nitrogens with one attached hydrogen (secondary N) is 2. The first-order chi connectivity index (χ1) is 14.0. The predicted molar refractivity (Wildman–Crippen MR) is 117 cm³/mol. The molecule has 6 heteroatoms. The Balaban J connectivity index is 1.41. The lowest BCUT2D eigenvalue weighted by Crippen LogP contribution is -2.34. The Hall–Kier alpha value is -1.89. The summed E-state index contributed by atoms with van der Waals surface area (Å²) in [5.41, 5.74) is 2.09. The minimum Gasteiger partial charge on any atom is -0.492 e. The summed E-state index contributed by atoms with van der Waals surface area (Å²) in [4.78, 5) is 0.297. The normalized spacial score (nSPS) is 15.3. The van der Waals surface area contributed by atoms with Gasteiger partial charge in [-0.05, 0) is 56.0 Å². The van der Waals surface area contributed by atoms with Crippen molar-refractivity contribution >= 4 is 10.0 Å². The summed E-state index contributed by atoms with van der Waals surface area (Å²) < 4.78 is 33.3. The molecular formula is C23H32N2O3S. The van der Waals surface area contributed by atoms with E-state index >= 15 is 0 Å². The van der Waals surface area contributed by atoms with Crippen molar-refractivity contribution in [3.63, 3.8) is 0 Å². The second-order valence-electron chi connectivity index (χ2n) is 7.75. The van der Waals surface area contributed by atoms with E-state index in [2.05, 4.69) is 10.0 Å². The lowest BCUT2D eigenvalue weighted by atomic mass is 9.96. The first-order valence-corrected chi connectivity index (χ1v) is 12.0. The zero-order chi connectivity index (χ0) is 20.5. The molecule has 158 valence electrons. The number of hydrogen-bond acceptors (Lipinski definition) is 4. The van der Waals surface area contributed by atoms with Crippen molar-refractivity contribution in [3.8, 4) is 5.75 Å². The molecule has 2 N–H and O–H groups in total. The number of aryl methyl sites for hydroxylation is 1. The van der Waals surface area contributed by atoms with Gasteiger partial charge < -0.3 is 10.1 Å². The number of ether oxygens (including phenoxy) is 1. The maximum atomic E-state index is 12.4. The summed E-state index contributed by atoms with van der Waals surface area (Å²) in [6.45, 7) is 3.78. The zero-order valence-electron chi connectivity index (χ0n) is 17.2. The van der Waals surface area contributed by atoms with Crippen molar-refractivity contribution in [2.75, 3.05) is 19.7 Å². The van der Waals surface area contributed by atoms with Crippen LogP contribution in [0.2, 0.25) is 0 Å². The third-order valence-electron chi connectivity index (χ3n) is 5.34. The summed E-state index contributed by atoms with van der Waals surface area (Å²) in [6.07, 6.45) is 7.18. The van der Waals surface area contributed by atoms with Crippen LogP contribution in [0, 0.1) is 6.92 Å². The summed E-state index contributed by atoms with van der Waals surface area (Å²) >= 11 is 0. The highest BCUT2D eigenvalue weighted by atomic mass is 32.2. The van der Waals surface area contributed by atoms with Crippen LogP contribution in [0.5, 0.6) is 5.75 Å². The molecule has 0 bridgehead atoms. The standard InChI is InChI=1S/C23H32N2O3S/c1-19-10-12-23(13-11-19)29(26,27)25-15-14-20-6-5-9-22(18-20)28-17-16-24-21-7-3-2-4-8-21/h5-6,9-13,18,21,24-25H,2-4,7-8,14-17H2,1H3. The van der Waals surface area contributed by atoms with Gasteiger partial charge in [0.2, 0.25) is 10.0 Å². The molecule has 2 aromatic carbocycles. The van der Waals surface area contributed by atoms with Gasteiger partial charge in [-0.3, -0.25) is 0 Å². The smallest absolute Gasteiger partial charge is 0.240 e. The Morgan fingerprint density at radius 2 is 1.76 bits per heavy atom. The molecule has 0 spiro atoms. The minimum atomic E-state index is -3.48. The Bertz CT molecular complexity index is 860. The van der Waals surface area contributed by atoms with Crippen molar-refractivity contribution < 1.29 is 13.2 Å². The molecule has 1 saturated carbocycles. The molecule has 0 amide bonds. The van der Waals surface area contributed by atoms with Gasteiger partial charge >= 0.3 is 0 Å². The molecule has 2 aromatic rings. The molecule has 0 radical (unpaired) electrons. The van der Waals surface area contributed by atoms with Crippen LogP contribution in [0.3, 0.4) is 0 Å². The third kappa shape index (κ3) is 7.14. The highest BCUT2D eigenvalue weighted by Gasteiger charge is 2.13. The molecule has 0 aliphatic heterocycles. The van der Waals surface area contributed by atoms with Crippen LogP contribution in [-0.2, 0) is 16.4 Å². The van der Waals surface area contributed by atoms with Gasteiger partial charge in [0.1, 0.15) is 12.4 Å². The summed E-state index contributed by atoms with van der Waals surface area (Å²) in [7, 11) is -3.48. The fourth-order valence-corrected chi connectivity index (χ4v) is 4.69. The first kappa shape index (κ1) is 21.8. The highest BCUT2D eigenvalue weighted by molar-refractivity contribution is 7.89. The predicted octanol–water partition coefficient (Wildman–Crippen LogP) is 3.82. The molecule has 1 aliphatic rings. The van der Waals surface area contributed by atoms with Gasteiger partial charge in [-0.25, -0.2) is 13.1 Å². The van der Waals surface area contributed by atoms with Crippen LogP contribution >= 0.6 is 0 Å². The minimum absolute atomic E-state index is 0.297. The molecule has 1 aliphatic carbocycles.